The Kier molecular flexibility index (Phi) is 8.23. The maximum absolute atomic E-state index is 5.77. The van der Waals surface area contributed by atoms with E-state index in [9.17, 15) is 0 Å². The average molecular weight is 362 g/mol. The maximum atomic E-state index is 5.77. The summed E-state index contributed by atoms with van der Waals surface area (Å²) in [6.45, 7) is 9.45. The summed E-state index contributed by atoms with van der Waals surface area (Å²) in [5.41, 5.74) is 1.52. The van der Waals surface area contributed by atoms with Crippen LogP contribution in [-0.4, -0.2) is 38.9 Å². The normalized spacial score (nSPS) is 16.3. The lowest BCUT2D eigenvalue weighted by molar-refractivity contribution is 0.0732. The Morgan fingerprint density at radius 1 is 1.27 bits per heavy atom. The summed E-state index contributed by atoms with van der Waals surface area (Å²) < 4.78 is 11.1. The molecule has 2 rings (SSSR count). The first-order valence-electron chi connectivity index (χ1n) is 9.83. The number of rotatable bonds is 10. The average Bonchev–Trinajstić information content (AvgIpc) is 2.58. The van der Waals surface area contributed by atoms with Crippen LogP contribution in [0.1, 0.15) is 52.0 Å². The summed E-state index contributed by atoms with van der Waals surface area (Å²) in [7, 11) is 1.78. The van der Waals surface area contributed by atoms with Gasteiger partial charge in [-0.2, -0.15) is 0 Å². The van der Waals surface area contributed by atoms with Crippen LogP contribution in [0.5, 0.6) is 5.75 Å². The third-order valence-electron chi connectivity index (χ3n) is 4.92. The van der Waals surface area contributed by atoms with Crippen molar-refractivity contribution < 1.29 is 9.47 Å². The standard InChI is InChI=1S/C21H35N3O2/c1-5-22-20(24-16-21(10-7-11-21)12-13-25-4)23-15-18-8-6-9-19(14-18)26-17(2)3/h6,8-9,14,17H,5,7,10-13,15-16H2,1-4H3,(H2,22,23,24). The molecule has 1 aromatic carbocycles. The van der Waals surface area contributed by atoms with Crippen molar-refractivity contribution >= 4 is 5.96 Å². The van der Waals surface area contributed by atoms with Crippen molar-refractivity contribution in [2.75, 3.05) is 26.8 Å². The van der Waals surface area contributed by atoms with E-state index in [0.29, 0.717) is 12.0 Å². The smallest absolute Gasteiger partial charge is 0.191 e. The van der Waals surface area contributed by atoms with Crippen LogP contribution in [0.4, 0.5) is 0 Å². The number of methoxy groups -OCH3 is 1. The number of ether oxygens (including phenoxy) is 2. The predicted molar refractivity (Wildman–Crippen MR) is 108 cm³/mol. The number of hydrogen-bond acceptors (Lipinski definition) is 3. The van der Waals surface area contributed by atoms with Gasteiger partial charge in [0.1, 0.15) is 5.75 Å². The van der Waals surface area contributed by atoms with Crippen molar-refractivity contribution in [3.8, 4) is 5.75 Å². The lowest BCUT2D eigenvalue weighted by Crippen LogP contribution is -2.46. The van der Waals surface area contributed by atoms with Gasteiger partial charge in [-0.1, -0.05) is 18.6 Å². The van der Waals surface area contributed by atoms with Crippen molar-refractivity contribution in [1.82, 2.24) is 10.6 Å². The topological polar surface area (TPSA) is 54.9 Å². The van der Waals surface area contributed by atoms with Crippen molar-refractivity contribution in [3.63, 3.8) is 0 Å². The number of nitrogens with zero attached hydrogens (tertiary/aromatic N) is 1. The van der Waals surface area contributed by atoms with Gasteiger partial charge in [0.05, 0.1) is 12.6 Å². The molecule has 0 spiro atoms. The minimum Gasteiger partial charge on any atom is -0.491 e. The molecule has 0 bridgehead atoms. The highest BCUT2D eigenvalue weighted by Gasteiger charge is 2.36. The van der Waals surface area contributed by atoms with E-state index in [0.717, 1.165) is 43.4 Å². The first kappa shape index (κ1) is 20.6. The van der Waals surface area contributed by atoms with E-state index in [2.05, 4.69) is 29.7 Å². The molecule has 1 aliphatic rings. The third kappa shape index (κ3) is 6.52. The van der Waals surface area contributed by atoms with Gasteiger partial charge in [0, 0.05) is 26.8 Å². The van der Waals surface area contributed by atoms with Gasteiger partial charge in [0.15, 0.2) is 5.96 Å². The Morgan fingerprint density at radius 3 is 2.69 bits per heavy atom. The summed E-state index contributed by atoms with van der Waals surface area (Å²) in [6, 6.07) is 8.18. The number of aliphatic imine (C=N–C) groups is 1. The SMILES string of the molecule is CCNC(=NCc1cccc(OC(C)C)c1)NCC1(CCOC)CCC1. The highest BCUT2D eigenvalue weighted by molar-refractivity contribution is 5.79. The fourth-order valence-electron chi connectivity index (χ4n) is 3.28. The van der Waals surface area contributed by atoms with Crippen LogP contribution in [0.2, 0.25) is 0 Å². The van der Waals surface area contributed by atoms with Gasteiger partial charge in [0.2, 0.25) is 0 Å². The minimum atomic E-state index is 0.179. The van der Waals surface area contributed by atoms with Crippen molar-refractivity contribution in [2.45, 2.75) is 59.1 Å². The van der Waals surface area contributed by atoms with Crippen LogP contribution in [0, 0.1) is 5.41 Å². The van der Waals surface area contributed by atoms with Gasteiger partial charge in [-0.05, 0) is 63.1 Å². The second-order valence-electron chi connectivity index (χ2n) is 7.46. The number of guanidine groups is 1. The Bertz CT molecular complexity index is 568. The second kappa shape index (κ2) is 10.4. The molecule has 26 heavy (non-hydrogen) atoms. The lowest BCUT2D eigenvalue weighted by atomic mass is 9.67. The molecule has 0 heterocycles. The fourth-order valence-corrected chi connectivity index (χ4v) is 3.28. The van der Waals surface area contributed by atoms with E-state index in [1.807, 2.05) is 26.0 Å². The van der Waals surface area contributed by atoms with E-state index in [-0.39, 0.29) is 6.10 Å². The van der Waals surface area contributed by atoms with E-state index in [1.165, 1.54) is 19.3 Å². The predicted octanol–water partition coefficient (Wildman–Crippen LogP) is 3.74. The Hall–Kier alpha value is -1.75. The summed E-state index contributed by atoms with van der Waals surface area (Å²) in [4.78, 5) is 4.75. The summed E-state index contributed by atoms with van der Waals surface area (Å²) >= 11 is 0. The molecule has 146 valence electrons. The zero-order valence-electron chi connectivity index (χ0n) is 16.8. The molecule has 2 N–H and O–H groups in total. The molecule has 1 aromatic rings. The zero-order chi connectivity index (χ0) is 18.8. The van der Waals surface area contributed by atoms with E-state index >= 15 is 0 Å². The molecule has 0 radical (unpaired) electrons. The lowest BCUT2D eigenvalue weighted by Gasteiger charge is -2.42. The Morgan fingerprint density at radius 2 is 2.08 bits per heavy atom. The van der Waals surface area contributed by atoms with Gasteiger partial charge in [0.25, 0.3) is 0 Å². The molecular formula is C21H35N3O2. The van der Waals surface area contributed by atoms with Gasteiger partial charge in [-0.15, -0.1) is 0 Å². The summed E-state index contributed by atoms with van der Waals surface area (Å²) in [6.07, 6.45) is 5.17. The van der Waals surface area contributed by atoms with Crippen LogP contribution < -0.4 is 15.4 Å². The Balaban J connectivity index is 1.93. The van der Waals surface area contributed by atoms with Gasteiger partial charge in [-0.25, -0.2) is 4.99 Å². The Labute approximate surface area is 158 Å². The minimum absolute atomic E-state index is 0.179. The number of nitrogens with one attached hydrogen (secondary N) is 2. The van der Waals surface area contributed by atoms with Gasteiger partial charge in [-0.3, -0.25) is 0 Å². The maximum Gasteiger partial charge on any atom is 0.191 e. The zero-order valence-corrected chi connectivity index (χ0v) is 16.8. The molecule has 0 unspecified atom stereocenters. The first-order chi connectivity index (χ1) is 12.6. The third-order valence-corrected chi connectivity index (χ3v) is 4.92. The molecule has 0 saturated heterocycles. The van der Waals surface area contributed by atoms with Crippen molar-refractivity contribution in [3.05, 3.63) is 29.8 Å². The molecule has 1 fully saturated rings. The van der Waals surface area contributed by atoms with Gasteiger partial charge >= 0.3 is 0 Å². The van der Waals surface area contributed by atoms with Crippen LogP contribution in [0.15, 0.2) is 29.3 Å². The largest absolute Gasteiger partial charge is 0.491 e. The molecule has 0 aromatic heterocycles. The van der Waals surface area contributed by atoms with Crippen LogP contribution in [0.3, 0.4) is 0 Å². The van der Waals surface area contributed by atoms with E-state index < -0.39 is 0 Å². The van der Waals surface area contributed by atoms with Gasteiger partial charge < -0.3 is 20.1 Å². The molecule has 5 heteroatoms. The summed E-state index contributed by atoms with van der Waals surface area (Å²) in [5, 5.41) is 6.89. The van der Waals surface area contributed by atoms with E-state index in [4.69, 9.17) is 14.5 Å². The van der Waals surface area contributed by atoms with Crippen LogP contribution >= 0.6 is 0 Å². The van der Waals surface area contributed by atoms with Crippen LogP contribution in [-0.2, 0) is 11.3 Å². The second-order valence-corrected chi connectivity index (χ2v) is 7.46. The van der Waals surface area contributed by atoms with E-state index in [1.54, 1.807) is 7.11 Å². The molecule has 1 aliphatic carbocycles. The highest BCUT2D eigenvalue weighted by Crippen LogP contribution is 2.43. The molecule has 1 saturated carbocycles. The monoisotopic (exact) mass is 361 g/mol. The quantitative estimate of drug-likeness (QED) is 0.492. The molecule has 5 nitrogen and oxygen atoms in total. The highest BCUT2D eigenvalue weighted by atomic mass is 16.5. The fraction of sp³-hybridized carbons (Fsp3) is 0.667. The first-order valence-corrected chi connectivity index (χ1v) is 9.83. The number of benzene rings is 1. The van der Waals surface area contributed by atoms with Crippen molar-refractivity contribution in [1.29, 1.82) is 0 Å². The molecule has 0 amide bonds. The molecule has 0 atom stereocenters. The molecule has 0 aliphatic heterocycles. The van der Waals surface area contributed by atoms with Crippen LogP contribution in [0.25, 0.3) is 0 Å². The summed E-state index contributed by atoms with van der Waals surface area (Å²) in [5.74, 6) is 1.78. The van der Waals surface area contributed by atoms with Crippen molar-refractivity contribution in [2.24, 2.45) is 10.4 Å². The molecular weight excluding hydrogens is 326 g/mol. The number of hydrogen-bond donors (Lipinski definition) is 2.